The molecule has 6 nitrogen and oxygen atoms in total. The van der Waals surface area contributed by atoms with Gasteiger partial charge in [-0.1, -0.05) is 12.1 Å². The van der Waals surface area contributed by atoms with Crippen LogP contribution in [0.25, 0.3) is 0 Å². The summed E-state index contributed by atoms with van der Waals surface area (Å²) in [4.78, 5) is 23.8. The highest BCUT2D eigenvalue weighted by Crippen LogP contribution is 2.55. The highest BCUT2D eigenvalue weighted by molar-refractivity contribution is 5.93. The standard InChI is InChI=1S/C22H26N4O2/c1-14-5-3-9-23-19(14)21(27)25-11-16-17-12-26(20-15(2)6-4-10-24-20)13-22(17)8-7-18(16)28-22/h3-6,9-10,16-18H,7-8,11-13H2,1-2H3,(H,25,27)/t16-,17+,18+,22+/m0/s1. The average Bonchev–Trinajstić information content (AvgIpc) is 3.35. The van der Waals surface area contributed by atoms with E-state index in [0.29, 0.717) is 24.1 Å². The van der Waals surface area contributed by atoms with E-state index >= 15 is 0 Å². The first kappa shape index (κ1) is 17.6. The number of pyridine rings is 2. The lowest BCUT2D eigenvalue weighted by Gasteiger charge is -2.29. The molecular formula is C22H26N4O2. The van der Waals surface area contributed by atoms with Crippen LogP contribution in [0, 0.1) is 25.7 Å². The average molecular weight is 378 g/mol. The molecule has 3 aliphatic rings. The third-order valence-electron chi connectivity index (χ3n) is 6.79. The number of nitrogens with zero attached hydrogens (tertiary/aromatic N) is 3. The Balaban J connectivity index is 1.31. The normalized spacial score (nSPS) is 30.5. The Kier molecular flexibility index (Phi) is 4.12. The van der Waals surface area contributed by atoms with Gasteiger partial charge in [0.1, 0.15) is 11.5 Å². The topological polar surface area (TPSA) is 67.4 Å². The number of anilines is 1. The van der Waals surface area contributed by atoms with Gasteiger partial charge in [-0.25, -0.2) is 4.98 Å². The third-order valence-corrected chi connectivity index (χ3v) is 6.79. The van der Waals surface area contributed by atoms with Gasteiger partial charge in [0.05, 0.1) is 11.7 Å². The Morgan fingerprint density at radius 2 is 2.04 bits per heavy atom. The van der Waals surface area contributed by atoms with E-state index in [0.717, 1.165) is 37.3 Å². The van der Waals surface area contributed by atoms with Crippen LogP contribution in [0.4, 0.5) is 5.82 Å². The van der Waals surface area contributed by atoms with Gasteiger partial charge in [0, 0.05) is 43.9 Å². The number of nitrogens with one attached hydrogen (secondary N) is 1. The molecule has 3 aliphatic heterocycles. The second-order valence-electron chi connectivity index (χ2n) is 8.43. The molecule has 2 bridgehead atoms. The van der Waals surface area contributed by atoms with Crippen LogP contribution in [0.3, 0.4) is 0 Å². The minimum atomic E-state index is -0.0923. The first-order valence-electron chi connectivity index (χ1n) is 10.1. The molecule has 28 heavy (non-hydrogen) atoms. The number of ether oxygens (including phenoxy) is 1. The Morgan fingerprint density at radius 3 is 2.82 bits per heavy atom. The van der Waals surface area contributed by atoms with Gasteiger partial charge in [0.25, 0.3) is 5.91 Å². The number of amides is 1. The summed E-state index contributed by atoms with van der Waals surface area (Å²) in [6.07, 6.45) is 5.96. The predicted molar refractivity (Wildman–Crippen MR) is 106 cm³/mol. The maximum absolute atomic E-state index is 12.6. The molecule has 1 spiro atoms. The largest absolute Gasteiger partial charge is 0.369 e. The monoisotopic (exact) mass is 378 g/mol. The van der Waals surface area contributed by atoms with Crippen molar-refractivity contribution in [3.05, 3.63) is 53.5 Å². The molecule has 1 amide bonds. The lowest BCUT2D eigenvalue weighted by atomic mass is 9.73. The summed E-state index contributed by atoms with van der Waals surface area (Å²) in [5.41, 5.74) is 2.53. The smallest absolute Gasteiger partial charge is 0.270 e. The van der Waals surface area contributed by atoms with E-state index in [1.165, 1.54) is 5.56 Å². The van der Waals surface area contributed by atoms with E-state index in [1.54, 1.807) is 6.20 Å². The second-order valence-corrected chi connectivity index (χ2v) is 8.43. The van der Waals surface area contributed by atoms with Gasteiger partial charge < -0.3 is 15.0 Å². The molecule has 1 N–H and O–H groups in total. The van der Waals surface area contributed by atoms with E-state index in [2.05, 4.69) is 33.2 Å². The van der Waals surface area contributed by atoms with Gasteiger partial charge >= 0.3 is 0 Å². The summed E-state index contributed by atoms with van der Waals surface area (Å²) < 4.78 is 6.51. The van der Waals surface area contributed by atoms with Crippen LogP contribution in [0.2, 0.25) is 0 Å². The van der Waals surface area contributed by atoms with Crippen LogP contribution in [-0.2, 0) is 4.74 Å². The van der Waals surface area contributed by atoms with Gasteiger partial charge in [-0.05, 0) is 49.9 Å². The molecular weight excluding hydrogens is 352 g/mol. The zero-order valence-corrected chi connectivity index (χ0v) is 16.4. The molecule has 0 unspecified atom stereocenters. The van der Waals surface area contributed by atoms with Gasteiger partial charge in [0.2, 0.25) is 0 Å². The van der Waals surface area contributed by atoms with E-state index < -0.39 is 0 Å². The highest BCUT2D eigenvalue weighted by Gasteiger charge is 2.63. The molecule has 0 radical (unpaired) electrons. The summed E-state index contributed by atoms with van der Waals surface area (Å²) in [6.45, 7) is 6.51. The minimum Gasteiger partial charge on any atom is -0.369 e. The van der Waals surface area contributed by atoms with E-state index in [4.69, 9.17) is 4.74 Å². The molecule has 3 saturated heterocycles. The van der Waals surface area contributed by atoms with Crippen molar-refractivity contribution < 1.29 is 9.53 Å². The van der Waals surface area contributed by atoms with Crippen LogP contribution >= 0.6 is 0 Å². The molecule has 0 aromatic carbocycles. The number of carbonyl (C=O) groups is 1. The minimum absolute atomic E-state index is 0.0784. The van der Waals surface area contributed by atoms with E-state index in [-0.39, 0.29) is 17.6 Å². The number of carbonyl (C=O) groups excluding carboxylic acids is 1. The second kappa shape index (κ2) is 6.55. The van der Waals surface area contributed by atoms with Crippen molar-refractivity contribution in [3.63, 3.8) is 0 Å². The Hall–Kier alpha value is -2.47. The molecule has 3 fully saturated rings. The van der Waals surface area contributed by atoms with Gasteiger partial charge in [0.15, 0.2) is 0 Å². The van der Waals surface area contributed by atoms with Crippen molar-refractivity contribution in [2.45, 2.75) is 38.4 Å². The number of hydrogen-bond donors (Lipinski definition) is 1. The van der Waals surface area contributed by atoms with Crippen LogP contribution in [-0.4, -0.2) is 47.2 Å². The number of hydrogen-bond acceptors (Lipinski definition) is 5. The fraction of sp³-hybridized carbons (Fsp3) is 0.500. The van der Waals surface area contributed by atoms with E-state index in [1.807, 2.05) is 31.3 Å². The van der Waals surface area contributed by atoms with Crippen molar-refractivity contribution in [3.8, 4) is 0 Å². The maximum atomic E-state index is 12.6. The number of fused-ring (bicyclic) bond motifs is 1. The quantitative estimate of drug-likeness (QED) is 0.885. The van der Waals surface area contributed by atoms with Gasteiger partial charge in [-0.2, -0.15) is 0 Å². The molecule has 2 aromatic rings. The molecule has 146 valence electrons. The van der Waals surface area contributed by atoms with Crippen molar-refractivity contribution in [1.82, 2.24) is 15.3 Å². The molecule has 5 rings (SSSR count). The Bertz CT molecular complexity index is 917. The molecule has 2 aromatic heterocycles. The zero-order valence-electron chi connectivity index (χ0n) is 16.4. The number of aromatic nitrogens is 2. The lowest BCUT2D eigenvalue weighted by Crippen LogP contribution is -2.42. The fourth-order valence-electron chi connectivity index (χ4n) is 5.45. The molecule has 0 saturated carbocycles. The van der Waals surface area contributed by atoms with Gasteiger partial charge in [-0.3, -0.25) is 9.78 Å². The van der Waals surface area contributed by atoms with Crippen LogP contribution in [0.5, 0.6) is 0 Å². The van der Waals surface area contributed by atoms with Crippen LogP contribution in [0.1, 0.15) is 34.5 Å². The summed E-state index contributed by atoms with van der Waals surface area (Å²) in [5, 5.41) is 3.13. The number of aryl methyl sites for hydroxylation is 2. The van der Waals surface area contributed by atoms with E-state index in [9.17, 15) is 4.79 Å². The summed E-state index contributed by atoms with van der Waals surface area (Å²) >= 11 is 0. The zero-order chi connectivity index (χ0) is 19.3. The SMILES string of the molecule is Cc1cccnc1C(=O)NC[C@H]1[C@H]2CN(c3ncccc3C)C[C@]23CC[C@H]1O3. The first-order chi connectivity index (χ1) is 13.6. The first-order valence-corrected chi connectivity index (χ1v) is 10.1. The Labute approximate surface area is 165 Å². The molecule has 4 atom stereocenters. The molecule has 5 heterocycles. The fourth-order valence-corrected chi connectivity index (χ4v) is 5.45. The predicted octanol–water partition coefficient (Wildman–Crippen LogP) is 2.51. The highest BCUT2D eigenvalue weighted by atomic mass is 16.5. The van der Waals surface area contributed by atoms with Crippen molar-refractivity contribution in [2.24, 2.45) is 11.8 Å². The molecule has 6 heteroatoms. The summed E-state index contributed by atoms with van der Waals surface area (Å²) in [6, 6.07) is 7.86. The number of rotatable bonds is 4. The molecule has 0 aliphatic carbocycles. The van der Waals surface area contributed by atoms with Crippen molar-refractivity contribution in [2.75, 3.05) is 24.5 Å². The summed E-state index contributed by atoms with van der Waals surface area (Å²) in [5.74, 6) is 1.74. The van der Waals surface area contributed by atoms with Crippen LogP contribution < -0.4 is 10.2 Å². The maximum Gasteiger partial charge on any atom is 0.270 e. The lowest BCUT2D eigenvalue weighted by molar-refractivity contribution is 0.0141. The van der Waals surface area contributed by atoms with Crippen molar-refractivity contribution >= 4 is 11.7 Å². The van der Waals surface area contributed by atoms with Crippen molar-refractivity contribution in [1.29, 1.82) is 0 Å². The van der Waals surface area contributed by atoms with Gasteiger partial charge in [-0.15, -0.1) is 0 Å². The Morgan fingerprint density at radius 1 is 1.25 bits per heavy atom. The third kappa shape index (κ3) is 2.70. The summed E-state index contributed by atoms with van der Waals surface area (Å²) in [7, 11) is 0. The van der Waals surface area contributed by atoms with Crippen LogP contribution in [0.15, 0.2) is 36.7 Å².